The van der Waals surface area contributed by atoms with Gasteiger partial charge in [0, 0.05) is 19.1 Å². The van der Waals surface area contributed by atoms with Gasteiger partial charge in [0.05, 0.1) is 5.92 Å². The summed E-state index contributed by atoms with van der Waals surface area (Å²) < 4.78 is 0. The van der Waals surface area contributed by atoms with Crippen molar-refractivity contribution in [3.8, 4) is 0 Å². The minimum atomic E-state index is -0.0388. The lowest BCUT2D eigenvalue weighted by Gasteiger charge is -2.45. The van der Waals surface area contributed by atoms with E-state index in [1.165, 1.54) is 44.9 Å². The van der Waals surface area contributed by atoms with Gasteiger partial charge in [-0.3, -0.25) is 4.79 Å². The fourth-order valence-corrected chi connectivity index (χ4v) is 3.52. The number of piperidine rings is 1. The standard InChI is InChI=1S/C15H28N2O.ClH/c1-12(13(2)16)14(18)17-10-8-15(9-11-17)6-4-3-5-7-15;/h12-13H,3-11,16H2,1-2H3;1H. The highest BCUT2D eigenvalue weighted by Crippen LogP contribution is 2.44. The summed E-state index contributed by atoms with van der Waals surface area (Å²) in [5.74, 6) is 0.223. The van der Waals surface area contributed by atoms with Crippen LogP contribution in [0.1, 0.15) is 58.8 Å². The minimum Gasteiger partial charge on any atom is -0.342 e. The normalized spacial score (nSPS) is 25.5. The molecule has 2 atom stereocenters. The first-order valence-corrected chi connectivity index (χ1v) is 7.58. The van der Waals surface area contributed by atoms with Crippen LogP contribution in [0.3, 0.4) is 0 Å². The second kappa shape index (κ2) is 6.94. The third-order valence-electron chi connectivity index (χ3n) is 5.23. The van der Waals surface area contributed by atoms with Crippen LogP contribution in [-0.4, -0.2) is 29.9 Å². The lowest BCUT2D eigenvalue weighted by molar-refractivity contribution is -0.138. The van der Waals surface area contributed by atoms with Crippen LogP contribution < -0.4 is 5.73 Å². The molecule has 0 radical (unpaired) electrons. The van der Waals surface area contributed by atoms with Gasteiger partial charge in [-0.25, -0.2) is 0 Å². The van der Waals surface area contributed by atoms with Crippen LogP contribution in [0.2, 0.25) is 0 Å². The fourth-order valence-electron chi connectivity index (χ4n) is 3.52. The Balaban J connectivity index is 0.00000180. The minimum absolute atomic E-state index is 0. The van der Waals surface area contributed by atoms with E-state index in [4.69, 9.17) is 5.73 Å². The highest BCUT2D eigenvalue weighted by atomic mass is 35.5. The van der Waals surface area contributed by atoms with Crippen LogP contribution in [0.5, 0.6) is 0 Å². The van der Waals surface area contributed by atoms with Crippen molar-refractivity contribution in [2.45, 2.75) is 64.8 Å². The Hall–Kier alpha value is -0.280. The van der Waals surface area contributed by atoms with E-state index in [9.17, 15) is 4.79 Å². The lowest BCUT2D eigenvalue weighted by Crippen LogP contribution is -2.48. The first-order valence-electron chi connectivity index (χ1n) is 7.58. The van der Waals surface area contributed by atoms with Gasteiger partial charge in [0.2, 0.25) is 5.91 Å². The maximum atomic E-state index is 12.3. The van der Waals surface area contributed by atoms with Crippen LogP contribution in [-0.2, 0) is 4.79 Å². The van der Waals surface area contributed by atoms with Crippen LogP contribution >= 0.6 is 12.4 Å². The molecule has 1 aliphatic heterocycles. The SMILES string of the molecule is CC(N)C(C)C(=O)N1CCC2(CCCCC2)CC1.Cl. The number of amides is 1. The van der Waals surface area contributed by atoms with E-state index < -0.39 is 0 Å². The van der Waals surface area contributed by atoms with Gasteiger partial charge in [-0.05, 0) is 38.0 Å². The third kappa shape index (κ3) is 3.85. The van der Waals surface area contributed by atoms with E-state index >= 15 is 0 Å². The maximum Gasteiger partial charge on any atom is 0.226 e. The van der Waals surface area contributed by atoms with Gasteiger partial charge in [0.25, 0.3) is 0 Å². The Morgan fingerprint density at radius 2 is 1.58 bits per heavy atom. The number of rotatable bonds is 2. The zero-order valence-electron chi connectivity index (χ0n) is 12.4. The Morgan fingerprint density at radius 3 is 2.05 bits per heavy atom. The second-order valence-electron chi connectivity index (χ2n) is 6.53. The Labute approximate surface area is 123 Å². The fraction of sp³-hybridized carbons (Fsp3) is 0.933. The van der Waals surface area contributed by atoms with Gasteiger partial charge in [0.1, 0.15) is 0 Å². The lowest BCUT2D eigenvalue weighted by atomic mass is 9.68. The largest absolute Gasteiger partial charge is 0.342 e. The molecule has 1 spiro atoms. The predicted molar refractivity (Wildman–Crippen MR) is 81.4 cm³/mol. The van der Waals surface area contributed by atoms with Gasteiger partial charge in [-0.15, -0.1) is 12.4 Å². The van der Waals surface area contributed by atoms with Gasteiger partial charge in [-0.1, -0.05) is 26.2 Å². The molecular weight excluding hydrogens is 260 g/mol. The highest BCUT2D eigenvalue weighted by molar-refractivity contribution is 5.85. The molecule has 112 valence electrons. The summed E-state index contributed by atoms with van der Waals surface area (Å²) in [5.41, 5.74) is 6.41. The Kier molecular flexibility index (Phi) is 6.13. The molecule has 2 fully saturated rings. The number of hydrogen-bond donors (Lipinski definition) is 1. The molecule has 2 N–H and O–H groups in total. The first kappa shape index (κ1) is 16.8. The van der Waals surface area contributed by atoms with Gasteiger partial charge in [0.15, 0.2) is 0 Å². The monoisotopic (exact) mass is 288 g/mol. The maximum absolute atomic E-state index is 12.3. The van der Waals surface area contributed by atoms with Crippen molar-refractivity contribution in [3.63, 3.8) is 0 Å². The third-order valence-corrected chi connectivity index (χ3v) is 5.23. The topological polar surface area (TPSA) is 46.3 Å². The molecule has 19 heavy (non-hydrogen) atoms. The van der Waals surface area contributed by atoms with Crippen molar-refractivity contribution in [2.24, 2.45) is 17.1 Å². The van der Waals surface area contributed by atoms with E-state index in [0.29, 0.717) is 5.41 Å². The first-order chi connectivity index (χ1) is 8.54. The molecule has 2 unspecified atom stereocenters. The van der Waals surface area contributed by atoms with Crippen molar-refractivity contribution in [1.82, 2.24) is 4.90 Å². The summed E-state index contributed by atoms with van der Waals surface area (Å²) >= 11 is 0. The quantitative estimate of drug-likeness (QED) is 0.849. The smallest absolute Gasteiger partial charge is 0.226 e. The molecule has 0 bridgehead atoms. The summed E-state index contributed by atoms with van der Waals surface area (Å²) in [6.07, 6.45) is 9.39. The van der Waals surface area contributed by atoms with Gasteiger partial charge >= 0.3 is 0 Å². The molecule has 2 aliphatic rings. The molecule has 4 heteroatoms. The Bertz CT molecular complexity index is 291. The van der Waals surface area contributed by atoms with Crippen molar-refractivity contribution in [1.29, 1.82) is 0 Å². The molecule has 1 saturated carbocycles. The van der Waals surface area contributed by atoms with E-state index in [2.05, 4.69) is 0 Å². The molecule has 1 aliphatic carbocycles. The average Bonchev–Trinajstić information content (AvgIpc) is 2.39. The number of carbonyl (C=O) groups excluding carboxylic acids is 1. The molecule has 0 aromatic rings. The molecule has 1 saturated heterocycles. The summed E-state index contributed by atoms with van der Waals surface area (Å²) in [5, 5.41) is 0. The molecule has 3 nitrogen and oxygen atoms in total. The van der Waals surface area contributed by atoms with Crippen LogP contribution in [0.4, 0.5) is 0 Å². The van der Waals surface area contributed by atoms with Crippen LogP contribution in [0, 0.1) is 11.3 Å². The van der Waals surface area contributed by atoms with Gasteiger partial charge in [-0.2, -0.15) is 0 Å². The van der Waals surface area contributed by atoms with Crippen molar-refractivity contribution in [3.05, 3.63) is 0 Å². The zero-order chi connectivity index (χ0) is 13.2. The van der Waals surface area contributed by atoms with Gasteiger partial charge < -0.3 is 10.6 Å². The zero-order valence-corrected chi connectivity index (χ0v) is 13.2. The Morgan fingerprint density at radius 1 is 1.05 bits per heavy atom. The second-order valence-corrected chi connectivity index (χ2v) is 6.53. The predicted octanol–water partition coefficient (Wildman–Crippen LogP) is 2.96. The molecule has 2 rings (SSSR count). The summed E-state index contributed by atoms with van der Waals surface area (Å²) in [7, 11) is 0. The van der Waals surface area contributed by atoms with Crippen molar-refractivity contribution in [2.75, 3.05) is 13.1 Å². The number of likely N-dealkylation sites (tertiary alicyclic amines) is 1. The van der Waals surface area contributed by atoms with Crippen LogP contribution in [0.25, 0.3) is 0 Å². The van der Waals surface area contributed by atoms with E-state index in [-0.39, 0.29) is 30.3 Å². The van der Waals surface area contributed by atoms with Crippen molar-refractivity contribution >= 4 is 18.3 Å². The average molecular weight is 289 g/mol. The van der Waals surface area contributed by atoms with Crippen LogP contribution in [0.15, 0.2) is 0 Å². The van der Waals surface area contributed by atoms with E-state index in [1.807, 2.05) is 18.7 Å². The number of hydrogen-bond acceptors (Lipinski definition) is 2. The van der Waals surface area contributed by atoms with E-state index in [0.717, 1.165) is 13.1 Å². The molecule has 1 amide bonds. The molecule has 0 aromatic heterocycles. The van der Waals surface area contributed by atoms with Crippen molar-refractivity contribution < 1.29 is 4.79 Å². The summed E-state index contributed by atoms with van der Waals surface area (Å²) in [6, 6.07) is -0.0388. The number of nitrogens with two attached hydrogens (primary N) is 1. The number of nitrogens with zero attached hydrogens (tertiary/aromatic N) is 1. The molecule has 0 aromatic carbocycles. The highest BCUT2D eigenvalue weighted by Gasteiger charge is 2.37. The molecule has 1 heterocycles. The number of carbonyl (C=O) groups is 1. The molecular formula is C15H29ClN2O. The van der Waals surface area contributed by atoms with E-state index in [1.54, 1.807) is 0 Å². The number of halogens is 1. The summed E-state index contributed by atoms with van der Waals surface area (Å²) in [4.78, 5) is 14.3. The summed E-state index contributed by atoms with van der Waals surface area (Å²) in [6.45, 7) is 5.79.